The van der Waals surface area contributed by atoms with Gasteiger partial charge in [0, 0.05) is 25.9 Å². The first kappa shape index (κ1) is 21.5. The second-order valence-electron chi connectivity index (χ2n) is 6.58. The second kappa shape index (κ2) is 8.07. The number of nitrogens with zero attached hydrogens (tertiary/aromatic N) is 5. The van der Waals surface area contributed by atoms with Crippen LogP contribution in [0.5, 0.6) is 0 Å². The van der Waals surface area contributed by atoms with Crippen molar-refractivity contribution < 1.29 is 22.8 Å². The molecule has 4 heterocycles. The molecule has 32 heavy (non-hydrogen) atoms. The van der Waals surface area contributed by atoms with Crippen LogP contribution in [0.1, 0.15) is 33.6 Å². The van der Waals surface area contributed by atoms with E-state index in [9.17, 15) is 22.8 Å². The molecule has 166 valence electrons. The summed E-state index contributed by atoms with van der Waals surface area (Å²) in [4.78, 5) is 29.6. The average molecular weight is 463 g/mol. The Morgan fingerprint density at radius 2 is 1.97 bits per heavy atom. The summed E-state index contributed by atoms with van der Waals surface area (Å²) in [6.07, 6.45) is -3.27. The van der Waals surface area contributed by atoms with Gasteiger partial charge in [-0.05, 0) is 24.4 Å². The van der Waals surface area contributed by atoms with Gasteiger partial charge in [0.15, 0.2) is 22.7 Å². The Hall–Kier alpha value is -3.74. The lowest BCUT2D eigenvalue weighted by Crippen LogP contribution is -2.22. The lowest BCUT2D eigenvalue weighted by Gasteiger charge is -2.10. The van der Waals surface area contributed by atoms with Crippen molar-refractivity contribution in [1.29, 1.82) is 0 Å². The van der Waals surface area contributed by atoms with Crippen LogP contribution < -0.4 is 10.6 Å². The van der Waals surface area contributed by atoms with Gasteiger partial charge in [0.2, 0.25) is 0 Å². The van der Waals surface area contributed by atoms with Crippen molar-refractivity contribution in [3.63, 3.8) is 0 Å². The smallest absolute Gasteiger partial charge is 0.354 e. The third-order valence-corrected chi connectivity index (χ3v) is 5.39. The number of halogens is 3. The molecule has 0 aliphatic carbocycles. The molecule has 0 spiro atoms. The third kappa shape index (κ3) is 3.93. The molecule has 0 saturated heterocycles. The molecule has 13 heteroatoms. The summed E-state index contributed by atoms with van der Waals surface area (Å²) in [6.45, 7) is 2.24. The van der Waals surface area contributed by atoms with Crippen molar-refractivity contribution in [2.45, 2.75) is 19.6 Å². The van der Waals surface area contributed by atoms with Crippen LogP contribution in [0.25, 0.3) is 16.2 Å². The molecular weight excluding hydrogens is 447 g/mol. The topological polar surface area (TPSA) is 106 Å². The number of aryl methyl sites for hydroxylation is 1. The summed E-state index contributed by atoms with van der Waals surface area (Å²) in [5.74, 6) is -1.33. The number of thiophene rings is 1. The molecule has 4 aromatic rings. The molecule has 0 aliphatic heterocycles. The number of amides is 2. The molecule has 0 aliphatic rings. The van der Waals surface area contributed by atoms with Gasteiger partial charge in [-0.1, -0.05) is 6.07 Å². The third-order valence-electron chi connectivity index (χ3n) is 4.50. The number of carbonyl (C=O) groups excluding carboxylic acids is 2. The number of anilines is 1. The monoisotopic (exact) mass is 463 g/mol. The largest absolute Gasteiger partial charge is 0.433 e. The molecule has 9 nitrogen and oxygen atoms in total. The highest BCUT2D eigenvalue weighted by atomic mass is 32.1. The van der Waals surface area contributed by atoms with Crippen molar-refractivity contribution in [3.05, 3.63) is 52.9 Å². The van der Waals surface area contributed by atoms with Gasteiger partial charge in [-0.15, -0.1) is 11.3 Å². The Balaban J connectivity index is 1.75. The van der Waals surface area contributed by atoms with Crippen LogP contribution >= 0.6 is 11.3 Å². The zero-order valence-corrected chi connectivity index (χ0v) is 17.6. The zero-order chi connectivity index (χ0) is 23.0. The van der Waals surface area contributed by atoms with Crippen LogP contribution in [0.2, 0.25) is 0 Å². The average Bonchev–Trinajstić information content (AvgIpc) is 3.50. The molecule has 0 atom stereocenters. The lowest BCUT2D eigenvalue weighted by molar-refractivity contribution is -0.142. The van der Waals surface area contributed by atoms with E-state index in [-0.39, 0.29) is 28.4 Å². The van der Waals surface area contributed by atoms with E-state index in [1.807, 2.05) is 0 Å². The lowest BCUT2D eigenvalue weighted by atomic mass is 10.2. The SMILES string of the molecule is CCn1cc(NC(=O)c2cc3nc(-c4cccs4)cc(C(F)(F)F)n3n2)c(C(=O)NC)n1. The molecule has 4 rings (SSSR count). The van der Waals surface area contributed by atoms with Gasteiger partial charge < -0.3 is 10.6 Å². The molecule has 0 saturated carbocycles. The first-order valence-corrected chi connectivity index (χ1v) is 10.2. The Morgan fingerprint density at radius 3 is 2.59 bits per heavy atom. The predicted molar refractivity (Wildman–Crippen MR) is 111 cm³/mol. The van der Waals surface area contributed by atoms with Gasteiger partial charge >= 0.3 is 6.18 Å². The minimum absolute atomic E-state index is 0.0273. The highest BCUT2D eigenvalue weighted by molar-refractivity contribution is 7.13. The van der Waals surface area contributed by atoms with E-state index in [4.69, 9.17) is 0 Å². The summed E-state index contributed by atoms with van der Waals surface area (Å²) in [5, 5.41) is 14.5. The van der Waals surface area contributed by atoms with Gasteiger partial charge in [-0.3, -0.25) is 14.3 Å². The fourth-order valence-electron chi connectivity index (χ4n) is 2.99. The Kier molecular flexibility index (Phi) is 5.42. The van der Waals surface area contributed by atoms with Crippen LogP contribution in [0, 0.1) is 0 Å². The number of rotatable bonds is 5. The number of hydrogen-bond acceptors (Lipinski definition) is 6. The number of nitrogens with one attached hydrogen (secondary N) is 2. The van der Waals surface area contributed by atoms with E-state index in [0.717, 1.165) is 12.1 Å². The van der Waals surface area contributed by atoms with Crippen molar-refractivity contribution in [3.8, 4) is 10.6 Å². The summed E-state index contributed by atoms with van der Waals surface area (Å²) < 4.78 is 43.1. The van der Waals surface area contributed by atoms with E-state index in [2.05, 4.69) is 25.8 Å². The van der Waals surface area contributed by atoms with E-state index >= 15 is 0 Å². The van der Waals surface area contributed by atoms with Crippen LogP contribution in [0.15, 0.2) is 35.8 Å². The maximum Gasteiger partial charge on any atom is 0.433 e. The van der Waals surface area contributed by atoms with Crippen LogP contribution in [-0.2, 0) is 12.7 Å². The molecule has 0 radical (unpaired) electrons. The predicted octanol–water partition coefficient (Wildman–Crippen LogP) is 3.30. The van der Waals surface area contributed by atoms with Gasteiger partial charge in [-0.25, -0.2) is 9.50 Å². The standard InChI is InChI=1S/C19H16F3N7O2S/c1-3-28-9-12(16(27-28)18(31)23-2)25-17(30)11-8-15-24-10(13-5-4-6-32-13)7-14(19(20,21)22)29(15)26-11/h4-9H,3H2,1-2H3,(H,23,31)(H,25,30). The quantitative estimate of drug-likeness (QED) is 0.472. The normalized spacial score (nSPS) is 11.7. The first-order valence-electron chi connectivity index (χ1n) is 9.34. The van der Waals surface area contributed by atoms with E-state index < -0.39 is 23.7 Å². The fourth-order valence-corrected chi connectivity index (χ4v) is 3.67. The van der Waals surface area contributed by atoms with Gasteiger partial charge in [0.05, 0.1) is 16.3 Å². The molecule has 0 fully saturated rings. The summed E-state index contributed by atoms with van der Waals surface area (Å²) >= 11 is 1.24. The molecular formula is C19H16F3N7O2S. The molecule has 0 aromatic carbocycles. The van der Waals surface area contributed by atoms with Crippen LogP contribution in [0.3, 0.4) is 0 Å². The van der Waals surface area contributed by atoms with E-state index in [0.29, 0.717) is 15.9 Å². The highest BCUT2D eigenvalue weighted by Crippen LogP contribution is 2.33. The zero-order valence-electron chi connectivity index (χ0n) is 16.8. The minimum atomic E-state index is -4.72. The van der Waals surface area contributed by atoms with E-state index in [1.54, 1.807) is 24.4 Å². The van der Waals surface area contributed by atoms with Crippen LogP contribution in [0.4, 0.5) is 18.9 Å². The van der Waals surface area contributed by atoms with Crippen molar-refractivity contribution in [2.24, 2.45) is 0 Å². The number of aromatic nitrogens is 5. The number of alkyl halides is 3. The number of fused-ring (bicyclic) bond motifs is 1. The minimum Gasteiger partial charge on any atom is -0.354 e. The molecule has 2 N–H and O–H groups in total. The Morgan fingerprint density at radius 1 is 1.19 bits per heavy atom. The molecule has 2 amide bonds. The maximum absolute atomic E-state index is 13.7. The molecule has 4 aromatic heterocycles. The first-order chi connectivity index (χ1) is 15.2. The fraction of sp³-hybridized carbons (Fsp3) is 0.211. The summed E-state index contributed by atoms with van der Waals surface area (Å²) in [6, 6.07) is 5.40. The Bertz CT molecular complexity index is 1310. The maximum atomic E-state index is 13.7. The second-order valence-corrected chi connectivity index (χ2v) is 7.53. The van der Waals surface area contributed by atoms with Crippen molar-refractivity contribution >= 4 is 34.5 Å². The summed E-state index contributed by atoms with van der Waals surface area (Å²) in [7, 11) is 1.41. The summed E-state index contributed by atoms with van der Waals surface area (Å²) in [5.41, 5.74) is -1.28. The number of carbonyl (C=O) groups is 2. The van der Waals surface area contributed by atoms with E-state index in [1.165, 1.54) is 29.3 Å². The van der Waals surface area contributed by atoms with Crippen LogP contribution in [-0.4, -0.2) is 43.2 Å². The highest BCUT2D eigenvalue weighted by Gasteiger charge is 2.36. The van der Waals surface area contributed by atoms with Crippen molar-refractivity contribution in [2.75, 3.05) is 12.4 Å². The Labute approximate surface area is 182 Å². The van der Waals surface area contributed by atoms with Gasteiger partial charge in [0.1, 0.15) is 0 Å². The molecule has 0 unspecified atom stereocenters. The molecule has 0 bridgehead atoms. The van der Waals surface area contributed by atoms with Gasteiger partial charge in [0.25, 0.3) is 11.8 Å². The number of hydrogen-bond donors (Lipinski definition) is 2. The van der Waals surface area contributed by atoms with Crippen molar-refractivity contribution in [1.82, 2.24) is 29.7 Å². The van der Waals surface area contributed by atoms with Gasteiger partial charge in [-0.2, -0.15) is 23.4 Å².